The second-order valence-corrected chi connectivity index (χ2v) is 6.17. The summed E-state index contributed by atoms with van der Waals surface area (Å²) in [5.41, 5.74) is 0.0972. The van der Waals surface area contributed by atoms with Gasteiger partial charge in [0.25, 0.3) is 0 Å². The lowest BCUT2D eigenvalue weighted by Crippen LogP contribution is -2.38. The summed E-state index contributed by atoms with van der Waals surface area (Å²) in [4.78, 5) is 4.59. The zero-order chi connectivity index (χ0) is 14.1. The summed E-state index contributed by atoms with van der Waals surface area (Å²) in [6.07, 6.45) is 5.98. The van der Waals surface area contributed by atoms with Gasteiger partial charge in [-0.15, -0.1) is 0 Å². The fourth-order valence-corrected chi connectivity index (χ4v) is 2.02. The van der Waals surface area contributed by atoms with Crippen LogP contribution in [0.4, 0.5) is 0 Å². The number of nitrogens with zero attached hydrogens (tertiary/aromatic N) is 1. The first-order chi connectivity index (χ1) is 9.12. The molecule has 1 aliphatic rings. The molecule has 0 heterocycles. The molecular formula is C15H31N3O. The van der Waals surface area contributed by atoms with E-state index in [1.807, 2.05) is 0 Å². The van der Waals surface area contributed by atoms with Crippen molar-refractivity contribution in [3.8, 4) is 0 Å². The molecule has 1 fully saturated rings. The molecule has 0 aromatic carbocycles. The van der Waals surface area contributed by atoms with Gasteiger partial charge in [0.2, 0.25) is 0 Å². The highest BCUT2D eigenvalue weighted by Gasteiger charge is 2.41. The summed E-state index contributed by atoms with van der Waals surface area (Å²) in [5, 5.41) is 15.9. The Morgan fingerprint density at radius 1 is 1.26 bits per heavy atom. The molecule has 19 heavy (non-hydrogen) atoms. The first kappa shape index (κ1) is 16.3. The lowest BCUT2D eigenvalue weighted by molar-refractivity contribution is 0.217. The summed E-state index contributed by atoms with van der Waals surface area (Å²) in [6.45, 7) is 9.48. The van der Waals surface area contributed by atoms with Crippen LogP contribution < -0.4 is 10.6 Å². The van der Waals surface area contributed by atoms with Gasteiger partial charge in [-0.1, -0.05) is 26.7 Å². The Morgan fingerprint density at radius 2 is 2.00 bits per heavy atom. The number of unbranched alkanes of at least 4 members (excludes halogenated alkanes) is 1. The van der Waals surface area contributed by atoms with Crippen molar-refractivity contribution < 1.29 is 5.11 Å². The maximum Gasteiger partial charge on any atom is 0.191 e. The quantitative estimate of drug-likeness (QED) is 0.341. The van der Waals surface area contributed by atoms with E-state index in [0.717, 1.165) is 44.4 Å². The van der Waals surface area contributed by atoms with Crippen molar-refractivity contribution in [3.63, 3.8) is 0 Å². The van der Waals surface area contributed by atoms with Crippen molar-refractivity contribution in [2.24, 2.45) is 16.3 Å². The van der Waals surface area contributed by atoms with Gasteiger partial charge in [-0.3, -0.25) is 4.99 Å². The highest BCUT2D eigenvalue weighted by molar-refractivity contribution is 5.79. The van der Waals surface area contributed by atoms with E-state index >= 15 is 0 Å². The number of rotatable bonds is 9. The van der Waals surface area contributed by atoms with Gasteiger partial charge in [-0.25, -0.2) is 0 Å². The average molecular weight is 269 g/mol. The van der Waals surface area contributed by atoms with E-state index < -0.39 is 0 Å². The van der Waals surface area contributed by atoms with Gasteiger partial charge in [0.1, 0.15) is 0 Å². The van der Waals surface area contributed by atoms with Crippen LogP contribution >= 0.6 is 0 Å². The molecule has 0 atom stereocenters. The lowest BCUT2D eigenvalue weighted by atomic mass is 10.1. The topological polar surface area (TPSA) is 56.7 Å². The van der Waals surface area contributed by atoms with E-state index in [9.17, 15) is 5.11 Å². The van der Waals surface area contributed by atoms with Gasteiger partial charge < -0.3 is 15.7 Å². The summed E-state index contributed by atoms with van der Waals surface area (Å²) in [6, 6.07) is 0. The van der Waals surface area contributed by atoms with E-state index in [1.54, 1.807) is 0 Å². The summed E-state index contributed by atoms with van der Waals surface area (Å²) in [7, 11) is 0. The van der Waals surface area contributed by atoms with Crippen LogP contribution in [-0.4, -0.2) is 37.3 Å². The Morgan fingerprint density at radius 3 is 2.53 bits per heavy atom. The molecule has 112 valence electrons. The van der Waals surface area contributed by atoms with E-state index in [-0.39, 0.29) is 12.0 Å². The second kappa shape index (κ2) is 8.41. The fraction of sp³-hybridized carbons (Fsp3) is 0.933. The van der Waals surface area contributed by atoms with Crippen LogP contribution in [0.2, 0.25) is 0 Å². The van der Waals surface area contributed by atoms with E-state index in [1.165, 1.54) is 19.3 Å². The van der Waals surface area contributed by atoms with E-state index in [0.29, 0.717) is 0 Å². The molecule has 0 bridgehead atoms. The average Bonchev–Trinajstić information content (AvgIpc) is 3.15. The van der Waals surface area contributed by atoms with E-state index in [2.05, 4.69) is 36.4 Å². The molecule has 0 aliphatic heterocycles. The van der Waals surface area contributed by atoms with Crippen LogP contribution in [0.5, 0.6) is 0 Å². The predicted molar refractivity (Wildman–Crippen MR) is 81.4 cm³/mol. The van der Waals surface area contributed by atoms with E-state index in [4.69, 9.17) is 0 Å². The Hall–Kier alpha value is -0.770. The third kappa shape index (κ3) is 6.81. The highest BCUT2D eigenvalue weighted by Crippen LogP contribution is 2.45. The molecule has 1 rings (SSSR count). The second-order valence-electron chi connectivity index (χ2n) is 6.17. The smallest absolute Gasteiger partial charge is 0.191 e. The van der Waals surface area contributed by atoms with Gasteiger partial charge in [0.15, 0.2) is 5.96 Å². The van der Waals surface area contributed by atoms with Crippen LogP contribution in [-0.2, 0) is 0 Å². The number of nitrogens with one attached hydrogen (secondary N) is 2. The number of guanidine groups is 1. The van der Waals surface area contributed by atoms with Gasteiger partial charge in [0.05, 0.1) is 13.2 Å². The molecule has 0 radical (unpaired) electrons. The largest absolute Gasteiger partial charge is 0.396 e. The maximum absolute atomic E-state index is 9.29. The standard InChI is InChI=1S/C15H31N3O/c1-4-16-14(17-10-6-5-7-13(2)3)18-11-15(12-19)8-9-15/h13,19H,4-12H2,1-3H3,(H2,16,17,18). The minimum Gasteiger partial charge on any atom is -0.396 e. The predicted octanol–water partition coefficient (Wildman–Crippen LogP) is 2.14. The number of aliphatic imine (C=N–C) groups is 1. The number of aliphatic hydroxyl groups is 1. The van der Waals surface area contributed by atoms with Gasteiger partial charge >= 0.3 is 0 Å². The van der Waals surface area contributed by atoms with Crippen LogP contribution in [0.25, 0.3) is 0 Å². The Labute approximate surface area is 118 Å². The van der Waals surface area contributed by atoms with Crippen molar-refractivity contribution in [2.45, 2.75) is 52.9 Å². The molecule has 1 aliphatic carbocycles. The van der Waals surface area contributed by atoms with Crippen molar-refractivity contribution >= 4 is 5.96 Å². The number of hydrogen-bond donors (Lipinski definition) is 3. The first-order valence-corrected chi connectivity index (χ1v) is 7.75. The zero-order valence-corrected chi connectivity index (χ0v) is 12.8. The SMILES string of the molecule is CCNC(=NCC1(CO)CC1)NCCCCC(C)C. The molecule has 0 spiro atoms. The van der Waals surface area contributed by atoms with Crippen LogP contribution in [0.15, 0.2) is 4.99 Å². The van der Waals surface area contributed by atoms with Crippen LogP contribution in [0.1, 0.15) is 52.9 Å². The Kier molecular flexibility index (Phi) is 7.21. The van der Waals surface area contributed by atoms with Crippen molar-refractivity contribution in [3.05, 3.63) is 0 Å². The molecule has 4 nitrogen and oxygen atoms in total. The van der Waals surface area contributed by atoms with Crippen molar-refractivity contribution in [2.75, 3.05) is 26.2 Å². The molecule has 1 saturated carbocycles. The third-order valence-corrected chi connectivity index (χ3v) is 3.71. The molecule has 4 heteroatoms. The maximum atomic E-state index is 9.29. The fourth-order valence-electron chi connectivity index (χ4n) is 2.02. The zero-order valence-electron chi connectivity index (χ0n) is 12.8. The normalized spacial score (nSPS) is 17.6. The summed E-state index contributed by atoms with van der Waals surface area (Å²) >= 11 is 0. The monoisotopic (exact) mass is 269 g/mol. The van der Waals surface area contributed by atoms with Crippen LogP contribution in [0.3, 0.4) is 0 Å². The molecule has 0 saturated heterocycles. The molecule has 0 unspecified atom stereocenters. The minimum absolute atomic E-state index is 0.0972. The summed E-state index contributed by atoms with van der Waals surface area (Å²) in [5.74, 6) is 1.69. The van der Waals surface area contributed by atoms with Crippen molar-refractivity contribution in [1.82, 2.24) is 10.6 Å². The number of aliphatic hydroxyl groups excluding tert-OH is 1. The third-order valence-electron chi connectivity index (χ3n) is 3.71. The Balaban J connectivity index is 2.22. The molecule has 3 N–H and O–H groups in total. The lowest BCUT2D eigenvalue weighted by Gasteiger charge is -2.14. The van der Waals surface area contributed by atoms with Crippen molar-refractivity contribution in [1.29, 1.82) is 0 Å². The van der Waals surface area contributed by atoms with Gasteiger partial charge in [-0.2, -0.15) is 0 Å². The minimum atomic E-state index is 0.0972. The Bertz CT molecular complexity index is 273. The van der Waals surface area contributed by atoms with Gasteiger partial charge in [-0.05, 0) is 32.1 Å². The first-order valence-electron chi connectivity index (χ1n) is 7.75. The van der Waals surface area contributed by atoms with Gasteiger partial charge in [0, 0.05) is 18.5 Å². The molecular weight excluding hydrogens is 238 g/mol. The highest BCUT2D eigenvalue weighted by atomic mass is 16.3. The molecule has 0 aromatic heterocycles. The van der Waals surface area contributed by atoms with Crippen LogP contribution in [0, 0.1) is 11.3 Å². The molecule has 0 aromatic rings. The number of hydrogen-bond acceptors (Lipinski definition) is 2. The summed E-state index contributed by atoms with van der Waals surface area (Å²) < 4.78 is 0. The molecule has 0 amide bonds.